The molecule has 0 amide bonds. The summed E-state index contributed by atoms with van der Waals surface area (Å²) in [6, 6.07) is 2.55. The molecular formula is C11H15BrN2O5. The zero-order chi connectivity index (χ0) is 14.6. The maximum atomic E-state index is 10.9. The standard InChI is InChI=1S/C11H15BrN2O5/c1-19-6-4-7(11(16)9(15)2-3-12)10(13)8(5-6)14(17)18/h4-5,9,11,15-16H,2-3,13H2,1H3. The molecule has 0 radical (unpaired) electrons. The first-order valence-corrected chi connectivity index (χ1v) is 6.58. The number of aliphatic hydroxyl groups excluding tert-OH is 2. The highest BCUT2D eigenvalue weighted by molar-refractivity contribution is 9.09. The summed E-state index contributed by atoms with van der Waals surface area (Å²) in [5.74, 6) is 0.195. The van der Waals surface area contributed by atoms with Gasteiger partial charge in [-0.05, 0) is 12.5 Å². The Morgan fingerprint density at radius 3 is 2.63 bits per heavy atom. The number of nitrogen functional groups attached to an aromatic ring is 1. The SMILES string of the molecule is COc1cc(C(O)C(O)CCBr)c(N)c([N+](=O)[O-])c1. The third-order valence-corrected chi connectivity index (χ3v) is 3.14. The normalized spacial score (nSPS) is 13.9. The first kappa shape index (κ1) is 15.7. The Kier molecular flexibility index (Phi) is 5.52. The Morgan fingerprint density at radius 1 is 1.53 bits per heavy atom. The van der Waals surface area contributed by atoms with Crippen LogP contribution < -0.4 is 10.5 Å². The fourth-order valence-electron chi connectivity index (χ4n) is 1.62. The molecule has 0 aliphatic heterocycles. The number of hydrogen-bond donors (Lipinski definition) is 3. The summed E-state index contributed by atoms with van der Waals surface area (Å²) in [6.07, 6.45) is -2.11. The number of alkyl halides is 1. The molecule has 1 aromatic rings. The summed E-state index contributed by atoms with van der Waals surface area (Å²) < 4.78 is 4.93. The van der Waals surface area contributed by atoms with Crippen LogP contribution in [0.1, 0.15) is 18.1 Å². The second-order valence-corrected chi connectivity index (χ2v) is 4.69. The minimum atomic E-state index is -1.31. The number of rotatable bonds is 6. The van der Waals surface area contributed by atoms with E-state index in [1.165, 1.54) is 19.2 Å². The number of benzene rings is 1. The average Bonchev–Trinajstić information content (AvgIpc) is 2.38. The van der Waals surface area contributed by atoms with Crippen LogP contribution in [0.15, 0.2) is 12.1 Å². The Hall–Kier alpha value is -1.38. The molecule has 0 aliphatic rings. The van der Waals surface area contributed by atoms with Gasteiger partial charge < -0.3 is 20.7 Å². The largest absolute Gasteiger partial charge is 0.496 e. The van der Waals surface area contributed by atoms with Crippen molar-refractivity contribution in [2.75, 3.05) is 18.2 Å². The number of anilines is 1. The number of nitrogens with two attached hydrogens (primary N) is 1. The van der Waals surface area contributed by atoms with E-state index >= 15 is 0 Å². The highest BCUT2D eigenvalue weighted by Crippen LogP contribution is 2.35. The van der Waals surface area contributed by atoms with Gasteiger partial charge in [0, 0.05) is 10.9 Å². The van der Waals surface area contributed by atoms with Crippen molar-refractivity contribution in [2.45, 2.75) is 18.6 Å². The molecule has 7 nitrogen and oxygen atoms in total. The molecule has 0 aliphatic carbocycles. The van der Waals surface area contributed by atoms with Gasteiger partial charge in [-0.1, -0.05) is 15.9 Å². The van der Waals surface area contributed by atoms with Gasteiger partial charge in [-0.15, -0.1) is 0 Å². The van der Waals surface area contributed by atoms with Crippen LogP contribution in [0.2, 0.25) is 0 Å². The molecule has 2 unspecified atom stereocenters. The summed E-state index contributed by atoms with van der Waals surface area (Å²) in [7, 11) is 1.35. The number of nitrogens with zero attached hydrogens (tertiary/aromatic N) is 1. The molecule has 0 saturated carbocycles. The third-order valence-electron chi connectivity index (χ3n) is 2.68. The molecule has 106 valence electrons. The topological polar surface area (TPSA) is 119 Å². The lowest BCUT2D eigenvalue weighted by atomic mass is 9.99. The van der Waals surface area contributed by atoms with Crippen LogP contribution in [0.4, 0.5) is 11.4 Å². The predicted octanol–water partition coefficient (Wildman–Crippen LogP) is 1.36. The van der Waals surface area contributed by atoms with Crippen molar-refractivity contribution in [3.63, 3.8) is 0 Å². The van der Waals surface area contributed by atoms with Crippen molar-refractivity contribution < 1.29 is 19.9 Å². The fourth-order valence-corrected chi connectivity index (χ4v) is 2.09. The highest BCUT2D eigenvalue weighted by Gasteiger charge is 2.26. The fraction of sp³-hybridized carbons (Fsp3) is 0.455. The Bertz CT molecular complexity index is 469. The van der Waals surface area contributed by atoms with Gasteiger partial charge in [0.2, 0.25) is 0 Å². The Balaban J connectivity index is 3.25. The number of ether oxygens (including phenoxy) is 1. The van der Waals surface area contributed by atoms with Gasteiger partial charge in [0.1, 0.15) is 17.5 Å². The maximum Gasteiger partial charge on any atom is 0.296 e. The molecule has 19 heavy (non-hydrogen) atoms. The van der Waals surface area contributed by atoms with Crippen molar-refractivity contribution in [3.8, 4) is 5.75 Å². The van der Waals surface area contributed by atoms with Gasteiger partial charge in [-0.3, -0.25) is 10.1 Å². The zero-order valence-electron chi connectivity index (χ0n) is 10.2. The number of halogens is 1. The molecule has 0 aromatic heterocycles. The molecule has 0 spiro atoms. The molecular weight excluding hydrogens is 320 g/mol. The minimum absolute atomic E-state index is 0.0829. The molecule has 0 heterocycles. The van der Waals surface area contributed by atoms with Crippen molar-refractivity contribution in [3.05, 3.63) is 27.8 Å². The second kappa shape index (κ2) is 6.69. The van der Waals surface area contributed by atoms with Crippen molar-refractivity contribution in [1.29, 1.82) is 0 Å². The maximum absolute atomic E-state index is 10.9. The van der Waals surface area contributed by atoms with E-state index in [-0.39, 0.29) is 29.1 Å². The molecule has 0 saturated heterocycles. The van der Waals surface area contributed by atoms with Gasteiger partial charge in [0.05, 0.1) is 24.2 Å². The highest BCUT2D eigenvalue weighted by atomic mass is 79.9. The Morgan fingerprint density at radius 2 is 2.16 bits per heavy atom. The van der Waals surface area contributed by atoms with E-state index in [4.69, 9.17) is 10.5 Å². The molecule has 8 heteroatoms. The summed E-state index contributed by atoms with van der Waals surface area (Å²) in [5.41, 5.74) is 5.21. The first-order valence-electron chi connectivity index (χ1n) is 5.46. The number of methoxy groups -OCH3 is 1. The van der Waals surface area contributed by atoms with Crippen LogP contribution in [0.25, 0.3) is 0 Å². The van der Waals surface area contributed by atoms with Crippen LogP contribution in [-0.2, 0) is 0 Å². The lowest BCUT2D eigenvalue weighted by Crippen LogP contribution is -2.20. The minimum Gasteiger partial charge on any atom is -0.496 e. The van der Waals surface area contributed by atoms with E-state index in [0.717, 1.165) is 0 Å². The Labute approximate surface area is 118 Å². The van der Waals surface area contributed by atoms with E-state index in [9.17, 15) is 20.3 Å². The summed E-state index contributed by atoms with van der Waals surface area (Å²) >= 11 is 3.14. The van der Waals surface area contributed by atoms with E-state index in [0.29, 0.717) is 5.33 Å². The molecule has 2 atom stereocenters. The van der Waals surface area contributed by atoms with Gasteiger partial charge >= 0.3 is 0 Å². The first-order chi connectivity index (χ1) is 8.92. The van der Waals surface area contributed by atoms with Crippen LogP contribution >= 0.6 is 15.9 Å². The number of nitro benzene ring substituents is 1. The van der Waals surface area contributed by atoms with Crippen LogP contribution in [-0.4, -0.2) is 33.7 Å². The lowest BCUT2D eigenvalue weighted by Gasteiger charge is -2.19. The molecule has 1 aromatic carbocycles. The van der Waals surface area contributed by atoms with Crippen LogP contribution in [0.3, 0.4) is 0 Å². The van der Waals surface area contributed by atoms with Gasteiger partial charge in [-0.2, -0.15) is 0 Å². The monoisotopic (exact) mass is 334 g/mol. The summed E-state index contributed by atoms with van der Waals surface area (Å²) in [4.78, 5) is 10.2. The number of hydrogen-bond acceptors (Lipinski definition) is 6. The van der Waals surface area contributed by atoms with Crippen LogP contribution in [0.5, 0.6) is 5.75 Å². The van der Waals surface area contributed by atoms with Gasteiger partial charge in [0.15, 0.2) is 0 Å². The van der Waals surface area contributed by atoms with Crippen molar-refractivity contribution in [2.24, 2.45) is 0 Å². The second-order valence-electron chi connectivity index (χ2n) is 3.90. The van der Waals surface area contributed by atoms with Crippen molar-refractivity contribution in [1.82, 2.24) is 0 Å². The van der Waals surface area contributed by atoms with Crippen molar-refractivity contribution >= 4 is 27.3 Å². The van der Waals surface area contributed by atoms with E-state index in [2.05, 4.69) is 15.9 Å². The number of nitro groups is 1. The predicted molar refractivity (Wildman–Crippen MR) is 73.4 cm³/mol. The molecule has 4 N–H and O–H groups in total. The van der Waals surface area contributed by atoms with E-state index < -0.39 is 17.1 Å². The third kappa shape index (κ3) is 3.55. The van der Waals surface area contributed by atoms with Gasteiger partial charge in [-0.25, -0.2) is 0 Å². The van der Waals surface area contributed by atoms with E-state index in [1.807, 2.05) is 0 Å². The lowest BCUT2D eigenvalue weighted by molar-refractivity contribution is -0.384. The summed E-state index contributed by atoms with van der Waals surface area (Å²) in [5, 5.41) is 31.1. The molecule has 1 rings (SSSR count). The average molecular weight is 335 g/mol. The molecule has 0 bridgehead atoms. The number of aliphatic hydroxyl groups is 2. The summed E-state index contributed by atoms with van der Waals surface area (Å²) in [6.45, 7) is 0. The quantitative estimate of drug-likeness (QED) is 0.313. The van der Waals surface area contributed by atoms with Crippen LogP contribution in [0, 0.1) is 10.1 Å². The molecule has 0 fully saturated rings. The van der Waals surface area contributed by atoms with Gasteiger partial charge in [0.25, 0.3) is 5.69 Å². The smallest absolute Gasteiger partial charge is 0.296 e. The zero-order valence-corrected chi connectivity index (χ0v) is 11.8. The van der Waals surface area contributed by atoms with E-state index in [1.54, 1.807) is 0 Å².